The molecule has 1 heterocycles. The van der Waals surface area contributed by atoms with Crippen LogP contribution in [0, 0.1) is 0 Å². The van der Waals surface area contributed by atoms with Crippen molar-refractivity contribution in [3.8, 4) is 0 Å². The van der Waals surface area contributed by atoms with Gasteiger partial charge in [-0.1, -0.05) is 12.8 Å². The Bertz CT molecular complexity index is 411. The Hall–Kier alpha value is -0.810. The molecule has 0 bridgehead atoms. The largest absolute Gasteiger partial charge is 0.376 e. The number of rotatable bonds is 5. The summed E-state index contributed by atoms with van der Waals surface area (Å²) in [7, 11) is 1.86. The highest BCUT2D eigenvalue weighted by molar-refractivity contribution is 9.10. The Kier molecular flexibility index (Phi) is 4.83. The molecule has 1 aromatic heterocycles. The lowest BCUT2D eigenvalue weighted by Crippen LogP contribution is -2.29. The topological polar surface area (TPSA) is 43.3 Å². The van der Waals surface area contributed by atoms with E-state index in [1.165, 1.54) is 25.7 Å². The van der Waals surface area contributed by atoms with Crippen LogP contribution in [0.15, 0.2) is 16.7 Å². The van der Waals surface area contributed by atoms with Gasteiger partial charge in [0.1, 0.15) is 5.69 Å². The van der Waals surface area contributed by atoms with Crippen molar-refractivity contribution in [1.29, 1.82) is 0 Å². The molecule has 1 N–H and O–H groups in total. The molecule has 0 atom stereocenters. The molecule has 0 spiro atoms. The second kappa shape index (κ2) is 6.38. The number of carbonyl (C=O) groups excluding carboxylic acids is 1. The van der Waals surface area contributed by atoms with Crippen molar-refractivity contribution < 1.29 is 9.53 Å². The number of nitrogens with one attached hydrogen (secondary N) is 1. The van der Waals surface area contributed by atoms with Gasteiger partial charge in [0, 0.05) is 24.3 Å². The fourth-order valence-electron chi connectivity index (χ4n) is 2.29. The van der Waals surface area contributed by atoms with Crippen LogP contribution in [0.2, 0.25) is 0 Å². The third kappa shape index (κ3) is 3.59. The van der Waals surface area contributed by atoms with E-state index in [9.17, 15) is 4.79 Å². The van der Waals surface area contributed by atoms with Gasteiger partial charge in [-0.3, -0.25) is 4.79 Å². The number of aryl methyl sites for hydroxylation is 1. The number of carbonyl (C=O) groups is 1. The summed E-state index contributed by atoms with van der Waals surface area (Å²) in [6.07, 6.45) is 7.15. The predicted octanol–water partition coefficient (Wildman–Crippen LogP) is 2.48. The quantitative estimate of drug-likeness (QED) is 0.848. The van der Waals surface area contributed by atoms with E-state index in [1.807, 2.05) is 19.3 Å². The average Bonchev–Trinajstić information content (AvgIpc) is 2.94. The molecule has 1 aliphatic carbocycles. The molecule has 1 saturated carbocycles. The molecule has 18 heavy (non-hydrogen) atoms. The van der Waals surface area contributed by atoms with Crippen molar-refractivity contribution in [2.75, 3.05) is 13.2 Å². The van der Waals surface area contributed by atoms with E-state index < -0.39 is 0 Å². The first-order valence-corrected chi connectivity index (χ1v) is 7.18. The Morgan fingerprint density at radius 1 is 1.56 bits per heavy atom. The van der Waals surface area contributed by atoms with Crippen molar-refractivity contribution in [2.45, 2.75) is 31.8 Å². The first-order valence-electron chi connectivity index (χ1n) is 6.38. The van der Waals surface area contributed by atoms with Crippen molar-refractivity contribution in [3.63, 3.8) is 0 Å². The number of halogens is 1. The van der Waals surface area contributed by atoms with Gasteiger partial charge in [-0.2, -0.15) is 0 Å². The van der Waals surface area contributed by atoms with Crippen LogP contribution in [0.3, 0.4) is 0 Å². The monoisotopic (exact) mass is 314 g/mol. The molecule has 0 aliphatic heterocycles. The molecule has 0 radical (unpaired) electrons. The standard InChI is InChI=1S/C13H19BrN2O2/c1-16-9-10(14)8-12(16)13(17)15-6-7-18-11-4-2-3-5-11/h8-9,11H,2-7H2,1H3,(H,15,17). The van der Waals surface area contributed by atoms with Crippen molar-refractivity contribution in [1.82, 2.24) is 9.88 Å². The maximum absolute atomic E-state index is 11.9. The van der Waals surface area contributed by atoms with E-state index in [-0.39, 0.29) is 5.91 Å². The van der Waals surface area contributed by atoms with Crippen LogP contribution in [0.4, 0.5) is 0 Å². The zero-order valence-electron chi connectivity index (χ0n) is 10.6. The van der Waals surface area contributed by atoms with Gasteiger partial charge in [0.25, 0.3) is 5.91 Å². The third-order valence-electron chi connectivity index (χ3n) is 3.25. The molecular weight excluding hydrogens is 296 g/mol. The lowest BCUT2D eigenvalue weighted by Gasteiger charge is -2.11. The van der Waals surface area contributed by atoms with Gasteiger partial charge < -0.3 is 14.6 Å². The minimum atomic E-state index is -0.0572. The maximum Gasteiger partial charge on any atom is 0.268 e. The first kappa shape index (κ1) is 13.6. The molecule has 4 nitrogen and oxygen atoms in total. The highest BCUT2D eigenvalue weighted by atomic mass is 79.9. The summed E-state index contributed by atoms with van der Waals surface area (Å²) in [4.78, 5) is 11.9. The molecule has 1 amide bonds. The summed E-state index contributed by atoms with van der Waals surface area (Å²) in [5, 5.41) is 2.87. The number of hydrogen-bond donors (Lipinski definition) is 1. The predicted molar refractivity (Wildman–Crippen MR) is 73.7 cm³/mol. The Morgan fingerprint density at radius 3 is 2.89 bits per heavy atom. The van der Waals surface area contributed by atoms with Gasteiger partial charge >= 0.3 is 0 Å². The van der Waals surface area contributed by atoms with E-state index in [0.29, 0.717) is 24.9 Å². The Labute approximate surface area is 116 Å². The third-order valence-corrected chi connectivity index (χ3v) is 3.68. The Morgan fingerprint density at radius 2 is 2.28 bits per heavy atom. The normalized spacial score (nSPS) is 16.1. The lowest BCUT2D eigenvalue weighted by molar-refractivity contribution is 0.0580. The minimum absolute atomic E-state index is 0.0572. The van der Waals surface area contributed by atoms with Gasteiger partial charge in [-0.15, -0.1) is 0 Å². The number of amides is 1. The number of hydrogen-bond acceptors (Lipinski definition) is 2. The maximum atomic E-state index is 11.9. The average molecular weight is 315 g/mol. The zero-order valence-corrected chi connectivity index (χ0v) is 12.2. The zero-order chi connectivity index (χ0) is 13.0. The molecule has 0 saturated heterocycles. The van der Waals surface area contributed by atoms with E-state index in [2.05, 4.69) is 21.2 Å². The molecule has 1 fully saturated rings. The van der Waals surface area contributed by atoms with Crippen LogP contribution in [0.25, 0.3) is 0 Å². The number of aromatic nitrogens is 1. The fraction of sp³-hybridized carbons (Fsp3) is 0.615. The molecule has 0 aromatic carbocycles. The van der Waals surface area contributed by atoms with Crippen LogP contribution < -0.4 is 5.32 Å². The fourth-order valence-corrected chi connectivity index (χ4v) is 2.81. The van der Waals surface area contributed by atoms with Crippen LogP contribution in [-0.2, 0) is 11.8 Å². The highest BCUT2D eigenvalue weighted by Crippen LogP contribution is 2.20. The van der Waals surface area contributed by atoms with E-state index in [4.69, 9.17) is 4.74 Å². The van der Waals surface area contributed by atoms with E-state index in [0.717, 1.165) is 4.47 Å². The molecule has 0 unspecified atom stereocenters. The molecule has 2 rings (SSSR count). The van der Waals surface area contributed by atoms with E-state index in [1.54, 1.807) is 4.57 Å². The lowest BCUT2D eigenvalue weighted by atomic mass is 10.3. The van der Waals surface area contributed by atoms with Gasteiger partial charge in [0.2, 0.25) is 0 Å². The second-order valence-electron chi connectivity index (χ2n) is 4.69. The molecule has 1 aliphatic rings. The van der Waals surface area contributed by atoms with Crippen molar-refractivity contribution in [3.05, 3.63) is 22.4 Å². The second-order valence-corrected chi connectivity index (χ2v) is 5.60. The summed E-state index contributed by atoms with van der Waals surface area (Å²) >= 11 is 3.35. The minimum Gasteiger partial charge on any atom is -0.376 e. The van der Waals surface area contributed by atoms with E-state index >= 15 is 0 Å². The molecule has 1 aromatic rings. The molecule has 5 heteroatoms. The van der Waals surface area contributed by atoms with Crippen LogP contribution >= 0.6 is 15.9 Å². The number of nitrogens with zero attached hydrogens (tertiary/aromatic N) is 1. The van der Waals surface area contributed by atoms with Crippen molar-refractivity contribution in [2.24, 2.45) is 7.05 Å². The van der Waals surface area contributed by atoms with Gasteiger partial charge in [0.15, 0.2) is 0 Å². The first-order chi connectivity index (χ1) is 8.66. The smallest absolute Gasteiger partial charge is 0.268 e. The summed E-state index contributed by atoms with van der Waals surface area (Å²) < 4.78 is 8.41. The Balaban J connectivity index is 1.70. The summed E-state index contributed by atoms with van der Waals surface area (Å²) in [5.41, 5.74) is 0.655. The highest BCUT2D eigenvalue weighted by Gasteiger charge is 2.15. The summed E-state index contributed by atoms with van der Waals surface area (Å²) in [6, 6.07) is 1.81. The van der Waals surface area contributed by atoms with Crippen LogP contribution in [0.5, 0.6) is 0 Å². The van der Waals surface area contributed by atoms with Crippen molar-refractivity contribution >= 4 is 21.8 Å². The van der Waals surface area contributed by atoms with Gasteiger partial charge in [-0.25, -0.2) is 0 Å². The summed E-state index contributed by atoms with van der Waals surface area (Å²) in [6.45, 7) is 1.17. The van der Waals surface area contributed by atoms with Gasteiger partial charge in [0.05, 0.1) is 12.7 Å². The van der Waals surface area contributed by atoms with Crippen LogP contribution in [-0.4, -0.2) is 29.7 Å². The number of ether oxygens (including phenoxy) is 1. The van der Waals surface area contributed by atoms with Crippen LogP contribution in [0.1, 0.15) is 36.2 Å². The SMILES string of the molecule is Cn1cc(Br)cc1C(=O)NCCOC1CCCC1. The van der Waals surface area contributed by atoms with Gasteiger partial charge in [-0.05, 0) is 34.8 Å². The summed E-state index contributed by atoms with van der Waals surface area (Å²) in [5.74, 6) is -0.0572. The molecular formula is C13H19BrN2O2. The molecule has 100 valence electrons.